The van der Waals surface area contributed by atoms with Gasteiger partial charge < -0.3 is 14.5 Å². The zero-order valence-corrected chi connectivity index (χ0v) is 13.5. The fourth-order valence-electron chi connectivity index (χ4n) is 2.29. The molecule has 0 amide bonds. The number of methoxy groups -OCH3 is 2. The Kier molecular flexibility index (Phi) is 5.99. The number of aromatic nitrogens is 2. The molecule has 0 saturated heterocycles. The summed E-state index contributed by atoms with van der Waals surface area (Å²) < 4.78 is 10.4. The summed E-state index contributed by atoms with van der Waals surface area (Å²) in [5, 5.41) is 0.709. The molecule has 2 rings (SSSR count). The molecule has 0 aliphatic carbocycles. The first kappa shape index (κ1) is 16.2. The lowest BCUT2D eigenvalue weighted by Crippen LogP contribution is -2.33. The SMILES string of the molecule is COCCN(CCOC)C(C)c1nc2ccc(Cl)cc2[nH]1. The summed E-state index contributed by atoms with van der Waals surface area (Å²) in [5.74, 6) is 0.930. The molecule has 116 valence electrons. The normalized spacial score (nSPS) is 13.2. The molecule has 0 radical (unpaired) electrons. The molecule has 1 heterocycles. The van der Waals surface area contributed by atoms with Gasteiger partial charge in [0.15, 0.2) is 0 Å². The highest BCUT2D eigenvalue weighted by molar-refractivity contribution is 6.31. The van der Waals surface area contributed by atoms with Gasteiger partial charge in [-0.1, -0.05) is 11.6 Å². The summed E-state index contributed by atoms with van der Waals surface area (Å²) in [4.78, 5) is 10.3. The Bertz CT molecular complexity index is 565. The van der Waals surface area contributed by atoms with Crippen molar-refractivity contribution in [3.05, 3.63) is 29.0 Å². The molecule has 0 fully saturated rings. The Balaban J connectivity index is 2.17. The van der Waals surface area contributed by atoms with Crippen LogP contribution in [-0.2, 0) is 9.47 Å². The molecule has 21 heavy (non-hydrogen) atoms. The Morgan fingerprint density at radius 1 is 1.24 bits per heavy atom. The number of aromatic amines is 1. The molecular formula is C15H22ClN3O2. The highest BCUT2D eigenvalue weighted by Gasteiger charge is 2.18. The van der Waals surface area contributed by atoms with Crippen molar-refractivity contribution in [1.29, 1.82) is 0 Å². The van der Waals surface area contributed by atoms with E-state index in [1.54, 1.807) is 14.2 Å². The molecular weight excluding hydrogens is 290 g/mol. The number of nitrogens with one attached hydrogen (secondary N) is 1. The van der Waals surface area contributed by atoms with E-state index in [1.165, 1.54) is 0 Å². The zero-order chi connectivity index (χ0) is 15.2. The van der Waals surface area contributed by atoms with Gasteiger partial charge in [0.05, 0.1) is 30.3 Å². The van der Waals surface area contributed by atoms with Crippen LogP contribution in [0.3, 0.4) is 0 Å². The third-order valence-corrected chi connectivity index (χ3v) is 3.81. The predicted octanol–water partition coefficient (Wildman–Crippen LogP) is 2.87. The number of imidazole rings is 1. The maximum absolute atomic E-state index is 6.02. The van der Waals surface area contributed by atoms with Crippen LogP contribution in [0.1, 0.15) is 18.8 Å². The third-order valence-electron chi connectivity index (χ3n) is 3.57. The first-order valence-corrected chi connectivity index (χ1v) is 7.40. The van der Waals surface area contributed by atoms with Crippen molar-refractivity contribution in [3.8, 4) is 0 Å². The van der Waals surface area contributed by atoms with Gasteiger partial charge in [-0.3, -0.25) is 4.90 Å². The van der Waals surface area contributed by atoms with Crippen molar-refractivity contribution in [2.75, 3.05) is 40.5 Å². The summed E-state index contributed by atoms with van der Waals surface area (Å²) in [7, 11) is 3.42. The second kappa shape index (κ2) is 7.75. The molecule has 0 aliphatic heterocycles. The van der Waals surface area contributed by atoms with E-state index < -0.39 is 0 Å². The van der Waals surface area contributed by atoms with Crippen LogP contribution in [-0.4, -0.2) is 55.4 Å². The molecule has 0 spiro atoms. The molecule has 0 bridgehead atoms. The van der Waals surface area contributed by atoms with Crippen LogP contribution in [0.25, 0.3) is 11.0 Å². The van der Waals surface area contributed by atoms with Gasteiger partial charge in [0.25, 0.3) is 0 Å². The quantitative estimate of drug-likeness (QED) is 0.814. The zero-order valence-electron chi connectivity index (χ0n) is 12.7. The number of rotatable bonds is 8. The van der Waals surface area contributed by atoms with Gasteiger partial charge in [0, 0.05) is 32.3 Å². The van der Waals surface area contributed by atoms with Crippen molar-refractivity contribution >= 4 is 22.6 Å². The van der Waals surface area contributed by atoms with E-state index in [1.807, 2.05) is 18.2 Å². The van der Waals surface area contributed by atoms with Crippen LogP contribution in [0, 0.1) is 0 Å². The molecule has 0 saturated carbocycles. The number of hydrogen-bond donors (Lipinski definition) is 1. The summed E-state index contributed by atoms with van der Waals surface area (Å²) >= 11 is 6.02. The minimum Gasteiger partial charge on any atom is -0.383 e. The Labute approximate surface area is 130 Å². The summed E-state index contributed by atoms with van der Waals surface area (Å²) in [6.45, 7) is 5.16. The monoisotopic (exact) mass is 311 g/mol. The number of ether oxygens (including phenoxy) is 2. The standard InChI is InChI=1S/C15H22ClN3O2/c1-11(19(6-8-20-2)7-9-21-3)15-17-13-5-4-12(16)10-14(13)18-15/h4-5,10-11H,6-9H2,1-3H3,(H,17,18). The van der Waals surface area contributed by atoms with Crippen LogP contribution in [0.4, 0.5) is 0 Å². The van der Waals surface area contributed by atoms with Crippen molar-refractivity contribution in [3.63, 3.8) is 0 Å². The number of nitrogens with zero attached hydrogens (tertiary/aromatic N) is 2. The number of halogens is 1. The smallest absolute Gasteiger partial charge is 0.124 e. The number of hydrogen-bond acceptors (Lipinski definition) is 4. The average Bonchev–Trinajstić information content (AvgIpc) is 2.89. The molecule has 1 unspecified atom stereocenters. The van der Waals surface area contributed by atoms with E-state index in [9.17, 15) is 0 Å². The molecule has 1 aromatic heterocycles. The van der Waals surface area contributed by atoms with Crippen LogP contribution in [0.5, 0.6) is 0 Å². The molecule has 6 heteroatoms. The van der Waals surface area contributed by atoms with Gasteiger partial charge in [-0.2, -0.15) is 0 Å². The largest absolute Gasteiger partial charge is 0.383 e. The lowest BCUT2D eigenvalue weighted by molar-refractivity contribution is 0.0899. The van der Waals surface area contributed by atoms with Crippen LogP contribution in [0.15, 0.2) is 18.2 Å². The van der Waals surface area contributed by atoms with Gasteiger partial charge in [-0.15, -0.1) is 0 Å². The predicted molar refractivity (Wildman–Crippen MR) is 84.8 cm³/mol. The van der Waals surface area contributed by atoms with Gasteiger partial charge >= 0.3 is 0 Å². The molecule has 1 aromatic carbocycles. The first-order valence-electron chi connectivity index (χ1n) is 7.02. The van der Waals surface area contributed by atoms with Crippen molar-refractivity contribution < 1.29 is 9.47 Å². The average molecular weight is 312 g/mol. The van der Waals surface area contributed by atoms with Gasteiger partial charge in [-0.05, 0) is 25.1 Å². The lowest BCUT2D eigenvalue weighted by Gasteiger charge is -2.27. The van der Waals surface area contributed by atoms with Crippen LogP contribution < -0.4 is 0 Å². The first-order chi connectivity index (χ1) is 10.2. The molecule has 0 aliphatic rings. The van der Waals surface area contributed by atoms with Gasteiger partial charge in [-0.25, -0.2) is 4.98 Å². The molecule has 2 aromatic rings. The Hall–Kier alpha value is -1.14. The van der Waals surface area contributed by atoms with E-state index in [2.05, 4.69) is 21.8 Å². The highest BCUT2D eigenvalue weighted by Crippen LogP contribution is 2.22. The number of benzene rings is 1. The van der Waals surface area contributed by atoms with Crippen molar-refractivity contribution in [2.45, 2.75) is 13.0 Å². The minimum absolute atomic E-state index is 0.154. The fourth-order valence-corrected chi connectivity index (χ4v) is 2.46. The van der Waals surface area contributed by atoms with Crippen molar-refractivity contribution in [1.82, 2.24) is 14.9 Å². The lowest BCUT2D eigenvalue weighted by atomic mass is 10.2. The van der Waals surface area contributed by atoms with Gasteiger partial charge in [0.2, 0.25) is 0 Å². The second-order valence-corrected chi connectivity index (χ2v) is 5.42. The van der Waals surface area contributed by atoms with Crippen molar-refractivity contribution in [2.24, 2.45) is 0 Å². The van der Waals surface area contributed by atoms with E-state index in [4.69, 9.17) is 21.1 Å². The molecule has 1 atom stereocenters. The maximum Gasteiger partial charge on any atom is 0.124 e. The van der Waals surface area contributed by atoms with E-state index >= 15 is 0 Å². The highest BCUT2D eigenvalue weighted by atomic mass is 35.5. The van der Waals surface area contributed by atoms with E-state index in [0.29, 0.717) is 18.2 Å². The Morgan fingerprint density at radius 2 is 1.90 bits per heavy atom. The van der Waals surface area contributed by atoms with Gasteiger partial charge in [0.1, 0.15) is 5.82 Å². The van der Waals surface area contributed by atoms with E-state index in [0.717, 1.165) is 29.9 Å². The molecule has 5 nitrogen and oxygen atoms in total. The summed E-state index contributed by atoms with van der Waals surface area (Å²) in [6, 6.07) is 5.84. The second-order valence-electron chi connectivity index (χ2n) is 4.98. The Morgan fingerprint density at radius 3 is 2.52 bits per heavy atom. The third kappa shape index (κ3) is 4.17. The summed E-state index contributed by atoms with van der Waals surface area (Å²) in [6.07, 6.45) is 0. The van der Waals surface area contributed by atoms with Crippen LogP contribution >= 0.6 is 11.6 Å². The minimum atomic E-state index is 0.154. The fraction of sp³-hybridized carbons (Fsp3) is 0.533. The maximum atomic E-state index is 6.02. The molecule has 1 N–H and O–H groups in total. The topological polar surface area (TPSA) is 50.4 Å². The van der Waals surface area contributed by atoms with Crippen LogP contribution in [0.2, 0.25) is 5.02 Å². The number of fused-ring (bicyclic) bond motifs is 1. The summed E-state index contributed by atoms with van der Waals surface area (Å²) in [5.41, 5.74) is 1.89. The number of H-pyrrole nitrogens is 1. The van der Waals surface area contributed by atoms with E-state index in [-0.39, 0.29) is 6.04 Å².